The van der Waals surface area contributed by atoms with Gasteiger partial charge in [-0.1, -0.05) is 6.08 Å². The van der Waals surface area contributed by atoms with Crippen molar-refractivity contribution in [1.82, 2.24) is 9.97 Å². The van der Waals surface area contributed by atoms with Crippen molar-refractivity contribution in [2.75, 3.05) is 5.73 Å². The van der Waals surface area contributed by atoms with Crippen molar-refractivity contribution in [3.05, 3.63) is 47.7 Å². The number of pyridine rings is 2. The molecule has 0 saturated heterocycles. The number of hydrogen-bond acceptors (Lipinski definition) is 6. The first-order valence-corrected chi connectivity index (χ1v) is 8.27. The number of allylic oxidation sites excluding steroid dienone is 2. The molecular formula is C18H14N4OS. The highest BCUT2D eigenvalue weighted by molar-refractivity contribution is 7.17. The van der Waals surface area contributed by atoms with Crippen LogP contribution in [0.3, 0.4) is 0 Å². The van der Waals surface area contributed by atoms with Crippen LogP contribution in [0.2, 0.25) is 0 Å². The summed E-state index contributed by atoms with van der Waals surface area (Å²) in [7, 11) is 0. The minimum atomic E-state index is 0.349. The third-order valence-electron chi connectivity index (χ3n) is 4.01. The Hall–Kier alpha value is -2.99. The van der Waals surface area contributed by atoms with Gasteiger partial charge in [0.1, 0.15) is 5.76 Å². The van der Waals surface area contributed by atoms with Crippen LogP contribution < -0.4 is 5.73 Å². The van der Waals surface area contributed by atoms with Crippen molar-refractivity contribution >= 4 is 50.0 Å². The summed E-state index contributed by atoms with van der Waals surface area (Å²) in [5, 5.41) is 11.6. The summed E-state index contributed by atoms with van der Waals surface area (Å²) >= 11 is 1.63. The molecule has 0 spiro atoms. The van der Waals surface area contributed by atoms with Crippen molar-refractivity contribution in [3.8, 4) is 11.3 Å². The molecule has 0 fully saturated rings. The Morgan fingerprint density at radius 2 is 2.21 bits per heavy atom. The van der Waals surface area contributed by atoms with Crippen LogP contribution in [-0.4, -0.2) is 16.2 Å². The number of rotatable bonds is 3. The summed E-state index contributed by atoms with van der Waals surface area (Å²) in [6, 6.07) is 3.95. The number of nitrogens with one attached hydrogen (secondary N) is 1. The first-order chi connectivity index (χ1) is 11.7. The van der Waals surface area contributed by atoms with Crippen molar-refractivity contribution in [1.29, 1.82) is 5.41 Å². The van der Waals surface area contributed by atoms with Crippen LogP contribution in [0.25, 0.3) is 38.0 Å². The smallest absolute Gasteiger partial charge is 0.177 e. The topological polar surface area (TPSA) is 88.8 Å². The monoisotopic (exact) mass is 334 g/mol. The lowest BCUT2D eigenvalue weighted by atomic mass is 10.0. The molecule has 6 heteroatoms. The third-order valence-corrected chi connectivity index (χ3v) is 4.94. The fourth-order valence-corrected chi connectivity index (χ4v) is 3.71. The highest BCUT2D eigenvalue weighted by Gasteiger charge is 2.17. The first-order valence-electron chi connectivity index (χ1n) is 7.39. The van der Waals surface area contributed by atoms with Crippen molar-refractivity contribution < 1.29 is 4.42 Å². The SMILES string of the molecule is C/C=C(\C=N)c1cnc(N)c2oc(-c3csc4cnccc34)cc12. The highest BCUT2D eigenvalue weighted by atomic mass is 32.1. The van der Waals surface area contributed by atoms with E-state index >= 15 is 0 Å². The molecule has 0 aliphatic carbocycles. The van der Waals surface area contributed by atoms with Gasteiger partial charge >= 0.3 is 0 Å². The molecule has 118 valence electrons. The molecule has 3 N–H and O–H groups in total. The summed E-state index contributed by atoms with van der Waals surface area (Å²) in [4.78, 5) is 8.37. The van der Waals surface area contributed by atoms with Gasteiger partial charge in [-0.05, 0) is 24.6 Å². The molecule has 0 aromatic carbocycles. The van der Waals surface area contributed by atoms with Gasteiger partial charge in [-0.25, -0.2) is 4.98 Å². The normalized spacial score (nSPS) is 12.1. The zero-order valence-corrected chi connectivity index (χ0v) is 13.7. The third kappa shape index (κ3) is 2.11. The Balaban J connectivity index is 2.00. The summed E-state index contributed by atoms with van der Waals surface area (Å²) in [5.41, 5.74) is 9.18. The minimum Gasteiger partial charge on any atom is -0.452 e. The summed E-state index contributed by atoms with van der Waals surface area (Å²) < 4.78 is 7.13. The first kappa shape index (κ1) is 14.6. The molecule has 0 aliphatic heterocycles. The summed E-state index contributed by atoms with van der Waals surface area (Å²) in [6.07, 6.45) is 8.49. The Morgan fingerprint density at radius 1 is 1.33 bits per heavy atom. The second-order valence-electron chi connectivity index (χ2n) is 5.32. The Bertz CT molecular complexity index is 1110. The van der Waals surface area contributed by atoms with Crippen molar-refractivity contribution in [2.24, 2.45) is 0 Å². The van der Waals surface area contributed by atoms with Gasteiger partial charge in [0.2, 0.25) is 0 Å². The number of nitrogen functional groups attached to an aromatic ring is 1. The average molecular weight is 334 g/mol. The van der Waals surface area contributed by atoms with Crippen LogP contribution in [-0.2, 0) is 0 Å². The number of aromatic nitrogens is 2. The predicted molar refractivity (Wildman–Crippen MR) is 99.5 cm³/mol. The van der Waals surface area contributed by atoms with E-state index in [1.54, 1.807) is 23.7 Å². The van der Waals surface area contributed by atoms with E-state index in [1.165, 1.54) is 6.21 Å². The van der Waals surface area contributed by atoms with E-state index in [0.717, 1.165) is 37.9 Å². The van der Waals surface area contributed by atoms with Crippen LogP contribution in [0.1, 0.15) is 12.5 Å². The van der Waals surface area contributed by atoms with Gasteiger partial charge in [-0.2, -0.15) is 0 Å². The summed E-state index contributed by atoms with van der Waals surface area (Å²) in [6.45, 7) is 1.89. The Labute approximate surface area is 142 Å². The predicted octanol–water partition coefficient (Wildman–Crippen LogP) is 4.74. The summed E-state index contributed by atoms with van der Waals surface area (Å²) in [5.74, 6) is 1.09. The molecule has 0 radical (unpaired) electrons. The van der Waals surface area contributed by atoms with Crippen LogP contribution >= 0.6 is 11.3 Å². The molecule has 4 rings (SSSR count). The van der Waals surface area contributed by atoms with E-state index in [4.69, 9.17) is 15.6 Å². The molecule has 0 aliphatic rings. The number of thiophene rings is 1. The van der Waals surface area contributed by atoms with Crippen LogP contribution in [0.4, 0.5) is 5.82 Å². The van der Waals surface area contributed by atoms with E-state index in [2.05, 4.69) is 15.3 Å². The second kappa shape index (κ2) is 5.58. The molecule has 4 aromatic rings. The van der Waals surface area contributed by atoms with Gasteiger partial charge in [0.25, 0.3) is 0 Å². The number of anilines is 1. The molecule has 5 nitrogen and oxygen atoms in total. The van der Waals surface area contributed by atoms with Crippen molar-refractivity contribution in [2.45, 2.75) is 6.92 Å². The van der Waals surface area contributed by atoms with E-state index in [9.17, 15) is 0 Å². The van der Waals surface area contributed by atoms with Crippen LogP contribution in [0.5, 0.6) is 0 Å². The fourth-order valence-electron chi connectivity index (χ4n) is 2.80. The Morgan fingerprint density at radius 3 is 3.00 bits per heavy atom. The second-order valence-corrected chi connectivity index (χ2v) is 6.23. The highest BCUT2D eigenvalue weighted by Crippen LogP contribution is 2.39. The maximum Gasteiger partial charge on any atom is 0.177 e. The molecule has 4 aromatic heterocycles. The van der Waals surface area contributed by atoms with Gasteiger partial charge in [0, 0.05) is 52.1 Å². The Kier molecular flexibility index (Phi) is 3.39. The molecule has 0 amide bonds. The maximum atomic E-state index is 7.59. The molecule has 4 heterocycles. The standard InChI is InChI=1S/C18H14N4OS/c1-2-10(6-19)13-7-22-18(20)17-12(13)5-15(23-17)14-9-24-16-8-21-4-3-11(14)16/h2-9,19H,1H3,(H2,20,22)/b10-2+,19-6?. The number of furan rings is 1. The van der Waals surface area contributed by atoms with Gasteiger partial charge in [-0.3, -0.25) is 4.98 Å². The zero-order valence-electron chi connectivity index (χ0n) is 12.9. The maximum absolute atomic E-state index is 7.59. The molecular weight excluding hydrogens is 320 g/mol. The molecule has 0 atom stereocenters. The largest absolute Gasteiger partial charge is 0.452 e. The van der Waals surface area contributed by atoms with Crippen LogP contribution in [0.15, 0.2) is 46.6 Å². The quantitative estimate of drug-likeness (QED) is 0.530. The average Bonchev–Trinajstić information content (AvgIpc) is 3.22. The van der Waals surface area contributed by atoms with Gasteiger partial charge in [-0.15, -0.1) is 11.3 Å². The lowest BCUT2D eigenvalue weighted by Crippen LogP contribution is -1.94. The van der Waals surface area contributed by atoms with E-state index in [-0.39, 0.29) is 0 Å². The van der Waals surface area contributed by atoms with Gasteiger partial charge in [0.15, 0.2) is 11.4 Å². The lowest BCUT2D eigenvalue weighted by Gasteiger charge is -2.03. The van der Waals surface area contributed by atoms with Crippen LogP contribution in [0, 0.1) is 5.41 Å². The lowest BCUT2D eigenvalue weighted by molar-refractivity contribution is 0.632. The van der Waals surface area contributed by atoms with E-state index in [0.29, 0.717) is 11.4 Å². The number of nitrogens with two attached hydrogens (primary N) is 1. The van der Waals surface area contributed by atoms with E-state index in [1.807, 2.05) is 31.3 Å². The van der Waals surface area contributed by atoms with Crippen molar-refractivity contribution in [3.63, 3.8) is 0 Å². The molecule has 0 unspecified atom stereocenters. The van der Waals surface area contributed by atoms with Gasteiger partial charge in [0.05, 0.1) is 4.70 Å². The number of nitrogens with zero attached hydrogens (tertiary/aromatic N) is 2. The van der Waals surface area contributed by atoms with E-state index < -0.39 is 0 Å². The fraction of sp³-hybridized carbons (Fsp3) is 0.0556. The number of fused-ring (bicyclic) bond motifs is 2. The molecule has 24 heavy (non-hydrogen) atoms. The zero-order chi connectivity index (χ0) is 16.7. The molecule has 0 saturated carbocycles. The molecule has 0 bridgehead atoms. The number of hydrogen-bond donors (Lipinski definition) is 2. The van der Waals surface area contributed by atoms with Gasteiger partial charge < -0.3 is 15.6 Å². The minimum absolute atomic E-state index is 0.349.